The summed E-state index contributed by atoms with van der Waals surface area (Å²) in [7, 11) is 0. The van der Waals surface area contributed by atoms with Crippen molar-refractivity contribution in [1.82, 2.24) is 0 Å². The molecule has 0 radical (unpaired) electrons. The van der Waals surface area contributed by atoms with E-state index in [0.29, 0.717) is 12.0 Å². The molecule has 3 heteroatoms. The van der Waals surface area contributed by atoms with E-state index in [1.165, 1.54) is 0 Å². The van der Waals surface area contributed by atoms with E-state index in [9.17, 15) is 15.0 Å². The van der Waals surface area contributed by atoms with Crippen LogP contribution in [-0.2, 0) is 4.79 Å². The average molecular weight is 250 g/mol. The van der Waals surface area contributed by atoms with Crippen LogP contribution in [-0.4, -0.2) is 27.2 Å². The third-order valence-electron chi connectivity index (χ3n) is 5.59. The van der Waals surface area contributed by atoms with Crippen molar-refractivity contribution in [3.8, 4) is 0 Å². The van der Waals surface area contributed by atoms with Crippen molar-refractivity contribution in [1.29, 1.82) is 0 Å². The number of Topliss-reactive ketones (excluding diaryl/α,β-unsaturated/α-hetero) is 1. The smallest absolute Gasteiger partial charge is 0.190 e. The average Bonchev–Trinajstić information content (AvgIpc) is 2.97. The Morgan fingerprint density at radius 1 is 0.944 bits per heavy atom. The van der Waals surface area contributed by atoms with Gasteiger partial charge in [0.1, 0.15) is 5.60 Å². The van der Waals surface area contributed by atoms with Crippen molar-refractivity contribution < 1.29 is 15.0 Å². The highest BCUT2D eigenvalue weighted by Crippen LogP contribution is 2.68. The Bertz CT molecular complexity index is 476. The Balaban J connectivity index is 2.19. The lowest BCUT2D eigenvalue weighted by Crippen LogP contribution is -2.60. The minimum atomic E-state index is -1.41. The Morgan fingerprint density at radius 2 is 1.50 bits per heavy atom. The Morgan fingerprint density at radius 3 is 2.00 bits per heavy atom. The van der Waals surface area contributed by atoms with Crippen LogP contribution in [0.25, 0.3) is 0 Å². The van der Waals surface area contributed by atoms with E-state index in [-0.39, 0.29) is 11.2 Å². The third-order valence-corrected chi connectivity index (χ3v) is 5.59. The molecular weight excluding hydrogens is 228 g/mol. The summed E-state index contributed by atoms with van der Waals surface area (Å²) in [5.41, 5.74) is -1.49. The highest BCUT2D eigenvalue weighted by Gasteiger charge is 2.73. The van der Waals surface area contributed by atoms with Gasteiger partial charge in [-0.15, -0.1) is 0 Å². The topological polar surface area (TPSA) is 57.5 Å². The lowest BCUT2D eigenvalue weighted by Gasteiger charge is -2.47. The molecule has 0 aromatic rings. The molecule has 0 aromatic carbocycles. The monoisotopic (exact) mass is 250 g/mol. The molecule has 0 heterocycles. The molecule has 1 fully saturated rings. The summed E-state index contributed by atoms with van der Waals surface area (Å²) in [5, 5.41) is 21.6. The molecule has 3 nitrogen and oxygen atoms in total. The van der Waals surface area contributed by atoms with Gasteiger partial charge in [0, 0.05) is 11.0 Å². The minimum Gasteiger partial charge on any atom is -0.385 e. The summed E-state index contributed by atoms with van der Waals surface area (Å²) in [5.74, 6) is -0.146. The molecule has 3 rings (SSSR count). The zero-order valence-electron chi connectivity index (χ0n) is 11.6. The van der Waals surface area contributed by atoms with Gasteiger partial charge >= 0.3 is 0 Å². The van der Waals surface area contributed by atoms with E-state index in [1.54, 1.807) is 13.8 Å². The molecule has 0 aliphatic heterocycles. The van der Waals surface area contributed by atoms with Gasteiger partial charge in [0.25, 0.3) is 0 Å². The lowest BCUT2D eigenvalue weighted by atomic mass is 9.62. The van der Waals surface area contributed by atoms with E-state index in [0.717, 1.165) is 24.8 Å². The standard InChI is InChI=1S/C15H22O3/c1-12(2)7-9-10(8-12)13(3,17)15(5-6-15)14(4,18)11(9)16/h17-18H,5-8H2,1-4H3/t13-,14+/m0/s1. The van der Waals surface area contributed by atoms with Gasteiger partial charge in [0.05, 0.1) is 5.60 Å². The van der Waals surface area contributed by atoms with Crippen LogP contribution < -0.4 is 0 Å². The van der Waals surface area contributed by atoms with Crippen LogP contribution in [0, 0.1) is 10.8 Å². The highest BCUT2D eigenvalue weighted by atomic mass is 16.3. The number of rotatable bonds is 0. The van der Waals surface area contributed by atoms with Gasteiger partial charge in [-0.25, -0.2) is 0 Å². The molecule has 1 saturated carbocycles. The van der Waals surface area contributed by atoms with Gasteiger partial charge in [0.15, 0.2) is 5.78 Å². The molecule has 3 aliphatic rings. The van der Waals surface area contributed by atoms with Crippen molar-refractivity contribution >= 4 is 5.78 Å². The molecule has 100 valence electrons. The molecule has 2 atom stereocenters. The van der Waals surface area contributed by atoms with Crippen LogP contribution in [0.3, 0.4) is 0 Å². The van der Waals surface area contributed by atoms with E-state index in [2.05, 4.69) is 13.8 Å². The number of hydrogen-bond donors (Lipinski definition) is 2. The predicted octanol–water partition coefficient (Wildman–Crippen LogP) is 1.97. The van der Waals surface area contributed by atoms with Gasteiger partial charge in [-0.3, -0.25) is 4.79 Å². The first kappa shape index (κ1) is 12.4. The van der Waals surface area contributed by atoms with E-state index < -0.39 is 16.6 Å². The van der Waals surface area contributed by atoms with Crippen LogP contribution in [0.5, 0.6) is 0 Å². The maximum Gasteiger partial charge on any atom is 0.190 e. The summed E-state index contributed by atoms with van der Waals surface area (Å²) in [6.07, 6.45) is 2.90. The minimum absolute atomic E-state index is 0.0147. The number of hydrogen-bond acceptors (Lipinski definition) is 3. The fourth-order valence-electron chi connectivity index (χ4n) is 4.29. The molecular formula is C15H22O3. The second-order valence-corrected chi connectivity index (χ2v) is 7.53. The van der Waals surface area contributed by atoms with Crippen molar-refractivity contribution in [2.24, 2.45) is 10.8 Å². The number of carbonyl (C=O) groups is 1. The van der Waals surface area contributed by atoms with Gasteiger partial charge in [0.2, 0.25) is 0 Å². The zero-order chi connectivity index (χ0) is 13.6. The van der Waals surface area contributed by atoms with Gasteiger partial charge in [-0.1, -0.05) is 13.8 Å². The number of carbonyl (C=O) groups excluding carboxylic acids is 1. The van der Waals surface area contributed by atoms with Crippen molar-refractivity contribution in [3.05, 3.63) is 11.1 Å². The Labute approximate surface area is 108 Å². The molecule has 3 aliphatic carbocycles. The summed E-state index contributed by atoms with van der Waals surface area (Å²) in [6, 6.07) is 0. The molecule has 0 aromatic heterocycles. The van der Waals surface area contributed by atoms with Crippen molar-refractivity contribution in [2.45, 2.75) is 64.6 Å². The summed E-state index contributed by atoms with van der Waals surface area (Å²) in [4.78, 5) is 12.5. The van der Waals surface area contributed by atoms with Crippen LogP contribution in [0.4, 0.5) is 0 Å². The van der Waals surface area contributed by atoms with Gasteiger partial charge < -0.3 is 10.2 Å². The number of aliphatic hydroxyl groups is 2. The first-order chi connectivity index (χ1) is 8.05. The van der Waals surface area contributed by atoms with Gasteiger partial charge in [-0.05, 0) is 50.5 Å². The van der Waals surface area contributed by atoms with Crippen LogP contribution in [0.2, 0.25) is 0 Å². The van der Waals surface area contributed by atoms with Gasteiger partial charge in [-0.2, -0.15) is 0 Å². The maximum atomic E-state index is 12.5. The molecule has 2 N–H and O–H groups in total. The first-order valence-corrected chi connectivity index (χ1v) is 6.77. The lowest BCUT2D eigenvalue weighted by molar-refractivity contribution is -0.158. The predicted molar refractivity (Wildman–Crippen MR) is 68.0 cm³/mol. The third kappa shape index (κ3) is 1.15. The first-order valence-electron chi connectivity index (χ1n) is 6.77. The van der Waals surface area contributed by atoms with Crippen molar-refractivity contribution in [2.75, 3.05) is 0 Å². The van der Waals surface area contributed by atoms with E-state index >= 15 is 0 Å². The van der Waals surface area contributed by atoms with Crippen molar-refractivity contribution in [3.63, 3.8) is 0 Å². The van der Waals surface area contributed by atoms with E-state index in [1.807, 2.05) is 0 Å². The fourth-order valence-corrected chi connectivity index (χ4v) is 4.29. The second-order valence-electron chi connectivity index (χ2n) is 7.53. The highest BCUT2D eigenvalue weighted by molar-refractivity contribution is 6.05. The van der Waals surface area contributed by atoms with Crippen LogP contribution >= 0.6 is 0 Å². The second kappa shape index (κ2) is 2.91. The molecule has 0 saturated heterocycles. The molecule has 18 heavy (non-hydrogen) atoms. The molecule has 1 spiro atoms. The molecule has 0 unspecified atom stereocenters. The summed E-state index contributed by atoms with van der Waals surface area (Å²) < 4.78 is 0. The Kier molecular flexibility index (Phi) is 2.00. The SMILES string of the molecule is CC1(C)CC2=C(C1)[C@](C)(O)C1(CC1)[C@](C)(O)C2=O. The zero-order valence-corrected chi connectivity index (χ0v) is 11.6. The summed E-state index contributed by atoms with van der Waals surface area (Å²) in [6.45, 7) is 7.61. The Hall–Kier alpha value is -0.670. The normalized spacial score (nSPS) is 44.4. The quantitative estimate of drug-likeness (QED) is 0.691. The summed E-state index contributed by atoms with van der Waals surface area (Å²) >= 11 is 0. The fraction of sp³-hybridized carbons (Fsp3) is 0.800. The van der Waals surface area contributed by atoms with Crippen LogP contribution in [0.15, 0.2) is 11.1 Å². The molecule has 0 bridgehead atoms. The van der Waals surface area contributed by atoms with Crippen LogP contribution in [0.1, 0.15) is 53.4 Å². The maximum absolute atomic E-state index is 12.5. The molecule has 0 amide bonds. The number of ketones is 1. The van der Waals surface area contributed by atoms with E-state index in [4.69, 9.17) is 0 Å². The largest absolute Gasteiger partial charge is 0.385 e.